The van der Waals surface area contributed by atoms with E-state index in [0.717, 1.165) is 24.3 Å². The van der Waals surface area contributed by atoms with Crippen LogP contribution in [0.15, 0.2) is 30.3 Å². The smallest absolute Gasteiger partial charge is 0.0705 e. The molecular weight excluding hydrogens is 258 g/mol. The van der Waals surface area contributed by atoms with Crippen molar-refractivity contribution in [1.82, 2.24) is 9.88 Å². The molecule has 2 N–H and O–H groups in total. The maximum atomic E-state index is 6.07. The fraction of sp³-hybridized carbons (Fsp3) is 0.500. The summed E-state index contributed by atoms with van der Waals surface area (Å²) in [7, 11) is 0. The molecule has 0 radical (unpaired) electrons. The summed E-state index contributed by atoms with van der Waals surface area (Å²) in [5.41, 5.74) is 9.47. The number of hydrogen-bond donors (Lipinski definition) is 1. The molecule has 0 aliphatic carbocycles. The lowest BCUT2D eigenvalue weighted by atomic mass is 10.0. The lowest BCUT2D eigenvalue weighted by molar-refractivity contribution is 0.189. The van der Waals surface area contributed by atoms with E-state index < -0.39 is 0 Å². The zero-order valence-electron chi connectivity index (χ0n) is 13.6. The Morgan fingerprint density at radius 2 is 1.95 bits per heavy atom. The molecule has 114 valence electrons. The van der Waals surface area contributed by atoms with Gasteiger partial charge in [0, 0.05) is 30.2 Å². The number of aryl methyl sites for hydroxylation is 1. The van der Waals surface area contributed by atoms with Gasteiger partial charge >= 0.3 is 0 Å². The fourth-order valence-electron chi connectivity index (χ4n) is 2.89. The number of nitrogens with zero attached hydrogens (tertiary/aromatic N) is 2. The van der Waals surface area contributed by atoms with Gasteiger partial charge in [0.2, 0.25) is 0 Å². The lowest BCUT2D eigenvalue weighted by Crippen LogP contribution is -2.36. The van der Waals surface area contributed by atoms with E-state index in [0.29, 0.717) is 12.5 Å². The van der Waals surface area contributed by atoms with Crippen molar-refractivity contribution in [3.8, 4) is 0 Å². The molecule has 0 saturated heterocycles. The Kier molecular flexibility index (Phi) is 5.32. The Bertz CT molecular complexity index is 592. The normalized spacial score (nSPS) is 13.3. The van der Waals surface area contributed by atoms with Gasteiger partial charge in [-0.15, -0.1) is 0 Å². The van der Waals surface area contributed by atoms with Crippen LogP contribution in [0.3, 0.4) is 0 Å². The topological polar surface area (TPSA) is 42.1 Å². The summed E-state index contributed by atoms with van der Waals surface area (Å²) in [6.07, 6.45) is 0. The number of nitrogens with two attached hydrogens (primary N) is 1. The van der Waals surface area contributed by atoms with Crippen molar-refractivity contribution in [3.63, 3.8) is 0 Å². The first kappa shape index (κ1) is 15.9. The zero-order chi connectivity index (χ0) is 15.4. The number of fused-ring (bicyclic) bond motifs is 1. The van der Waals surface area contributed by atoms with E-state index in [2.05, 4.69) is 61.0 Å². The largest absolute Gasteiger partial charge is 0.329 e. The molecule has 0 aliphatic rings. The van der Waals surface area contributed by atoms with E-state index >= 15 is 0 Å². The first-order chi connectivity index (χ1) is 10.0. The highest BCUT2D eigenvalue weighted by Crippen LogP contribution is 2.24. The van der Waals surface area contributed by atoms with Gasteiger partial charge in [0.15, 0.2) is 0 Å². The monoisotopic (exact) mass is 285 g/mol. The van der Waals surface area contributed by atoms with Crippen LogP contribution in [0.2, 0.25) is 0 Å². The first-order valence-electron chi connectivity index (χ1n) is 7.86. The maximum Gasteiger partial charge on any atom is 0.0705 e. The van der Waals surface area contributed by atoms with Gasteiger partial charge in [-0.25, -0.2) is 0 Å². The zero-order valence-corrected chi connectivity index (χ0v) is 13.6. The van der Waals surface area contributed by atoms with Crippen LogP contribution in [0.4, 0.5) is 0 Å². The van der Waals surface area contributed by atoms with Crippen LogP contribution >= 0.6 is 0 Å². The van der Waals surface area contributed by atoms with Crippen LogP contribution in [0, 0.1) is 12.8 Å². The summed E-state index contributed by atoms with van der Waals surface area (Å²) >= 11 is 0. The van der Waals surface area contributed by atoms with Gasteiger partial charge < -0.3 is 5.73 Å². The van der Waals surface area contributed by atoms with Crippen molar-refractivity contribution in [2.75, 3.05) is 19.6 Å². The van der Waals surface area contributed by atoms with Crippen LogP contribution in [0.5, 0.6) is 0 Å². The number of benzene rings is 1. The van der Waals surface area contributed by atoms with E-state index in [1.165, 1.54) is 10.9 Å². The predicted octanol–water partition coefficient (Wildman–Crippen LogP) is 3.52. The minimum absolute atomic E-state index is 0.281. The molecule has 1 aromatic heterocycles. The van der Waals surface area contributed by atoms with Crippen molar-refractivity contribution in [3.05, 3.63) is 41.6 Å². The second-order valence-electron chi connectivity index (χ2n) is 6.14. The Morgan fingerprint density at radius 1 is 1.19 bits per heavy atom. The molecule has 1 heterocycles. The standard InChI is InChI=1S/C18H27N3/c1-5-21(12-13(2)3)18(11-19)16-8-9-17-15(10-16)7-6-14(4)20-17/h6-10,13,18H,5,11-12,19H2,1-4H3. The van der Waals surface area contributed by atoms with Crippen molar-refractivity contribution >= 4 is 10.9 Å². The van der Waals surface area contributed by atoms with Gasteiger partial charge in [-0.05, 0) is 43.1 Å². The quantitative estimate of drug-likeness (QED) is 0.883. The predicted molar refractivity (Wildman–Crippen MR) is 90.4 cm³/mol. The van der Waals surface area contributed by atoms with Crippen molar-refractivity contribution in [2.24, 2.45) is 11.7 Å². The summed E-state index contributed by atoms with van der Waals surface area (Å²) in [6.45, 7) is 11.5. The van der Waals surface area contributed by atoms with E-state index in [9.17, 15) is 0 Å². The molecule has 1 aromatic carbocycles. The molecule has 3 heteroatoms. The highest BCUT2D eigenvalue weighted by Gasteiger charge is 2.18. The molecule has 0 fully saturated rings. The molecule has 3 nitrogen and oxygen atoms in total. The second-order valence-corrected chi connectivity index (χ2v) is 6.14. The van der Waals surface area contributed by atoms with Crippen LogP contribution in [-0.2, 0) is 0 Å². The molecule has 2 aromatic rings. The van der Waals surface area contributed by atoms with Crippen molar-refractivity contribution < 1.29 is 0 Å². The number of likely N-dealkylation sites (N-methyl/N-ethyl adjacent to an activating group) is 1. The Balaban J connectivity index is 2.34. The molecule has 0 saturated carbocycles. The fourth-order valence-corrected chi connectivity index (χ4v) is 2.89. The molecule has 1 atom stereocenters. The molecule has 0 bridgehead atoms. The van der Waals surface area contributed by atoms with Crippen LogP contribution in [0.1, 0.15) is 38.1 Å². The van der Waals surface area contributed by atoms with Crippen molar-refractivity contribution in [2.45, 2.75) is 33.7 Å². The van der Waals surface area contributed by atoms with Crippen LogP contribution < -0.4 is 5.73 Å². The van der Waals surface area contributed by atoms with E-state index in [4.69, 9.17) is 5.73 Å². The molecular formula is C18H27N3. The van der Waals surface area contributed by atoms with Gasteiger partial charge in [-0.3, -0.25) is 9.88 Å². The Morgan fingerprint density at radius 3 is 2.57 bits per heavy atom. The number of pyridine rings is 1. The highest BCUT2D eigenvalue weighted by molar-refractivity contribution is 5.79. The first-order valence-corrected chi connectivity index (χ1v) is 7.86. The highest BCUT2D eigenvalue weighted by atomic mass is 15.2. The van der Waals surface area contributed by atoms with Crippen molar-refractivity contribution in [1.29, 1.82) is 0 Å². The molecule has 0 spiro atoms. The summed E-state index contributed by atoms with van der Waals surface area (Å²) in [5, 5.41) is 1.19. The average molecular weight is 285 g/mol. The van der Waals surface area contributed by atoms with Gasteiger partial charge in [-0.2, -0.15) is 0 Å². The maximum absolute atomic E-state index is 6.07. The summed E-state index contributed by atoms with van der Waals surface area (Å²) in [6, 6.07) is 11.0. The lowest BCUT2D eigenvalue weighted by Gasteiger charge is -2.31. The number of aromatic nitrogens is 1. The van der Waals surface area contributed by atoms with E-state index in [1.807, 2.05) is 6.92 Å². The summed E-state index contributed by atoms with van der Waals surface area (Å²) in [5.74, 6) is 0.642. The number of rotatable bonds is 6. The summed E-state index contributed by atoms with van der Waals surface area (Å²) < 4.78 is 0. The molecule has 0 amide bonds. The Labute approximate surface area is 128 Å². The Hall–Kier alpha value is -1.45. The van der Waals surface area contributed by atoms with Crippen LogP contribution in [0.25, 0.3) is 10.9 Å². The van der Waals surface area contributed by atoms with Gasteiger partial charge in [0.05, 0.1) is 5.52 Å². The van der Waals surface area contributed by atoms with Crippen LogP contribution in [-0.4, -0.2) is 29.5 Å². The SMILES string of the molecule is CCN(CC(C)C)C(CN)c1ccc2nc(C)ccc2c1. The second kappa shape index (κ2) is 7.01. The number of hydrogen-bond acceptors (Lipinski definition) is 3. The average Bonchev–Trinajstić information content (AvgIpc) is 2.46. The molecule has 2 rings (SSSR count). The molecule has 0 aliphatic heterocycles. The van der Waals surface area contributed by atoms with E-state index in [1.54, 1.807) is 0 Å². The third-order valence-electron chi connectivity index (χ3n) is 3.91. The minimum Gasteiger partial charge on any atom is -0.329 e. The minimum atomic E-state index is 0.281. The third-order valence-corrected chi connectivity index (χ3v) is 3.91. The van der Waals surface area contributed by atoms with Gasteiger partial charge in [0.1, 0.15) is 0 Å². The van der Waals surface area contributed by atoms with Gasteiger partial charge in [0.25, 0.3) is 0 Å². The summed E-state index contributed by atoms with van der Waals surface area (Å²) in [4.78, 5) is 7.04. The third kappa shape index (κ3) is 3.80. The molecule has 21 heavy (non-hydrogen) atoms. The molecule has 1 unspecified atom stereocenters. The van der Waals surface area contributed by atoms with E-state index in [-0.39, 0.29) is 6.04 Å². The van der Waals surface area contributed by atoms with Gasteiger partial charge in [-0.1, -0.05) is 32.9 Å².